The minimum Gasteiger partial charge on any atom is -0.382 e. The van der Waals surface area contributed by atoms with Gasteiger partial charge in [-0.2, -0.15) is 0 Å². The number of ether oxygens (including phenoxy) is 4. The van der Waals surface area contributed by atoms with Crippen molar-refractivity contribution in [3.63, 3.8) is 0 Å². The highest BCUT2D eigenvalue weighted by Crippen LogP contribution is 2.35. The van der Waals surface area contributed by atoms with Gasteiger partial charge in [-0.3, -0.25) is 9.36 Å². The number of carbonyl (C=O) groups excluding carboxylic acids is 1. The van der Waals surface area contributed by atoms with Crippen LogP contribution < -0.4 is 5.32 Å². The van der Waals surface area contributed by atoms with Gasteiger partial charge >= 0.3 is 0 Å². The minimum atomic E-state index is -0.463. The predicted molar refractivity (Wildman–Crippen MR) is 121 cm³/mol. The lowest BCUT2D eigenvalue weighted by molar-refractivity contribution is -0.132. The molecule has 0 radical (unpaired) electrons. The van der Waals surface area contributed by atoms with Crippen LogP contribution >= 0.6 is 0 Å². The number of carbonyl (C=O) groups is 1. The molecule has 2 aromatic heterocycles. The van der Waals surface area contributed by atoms with Crippen LogP contribution in [-0.4, -0.2) is 96.2 Å². The van der Waals surface area contributed by atoms with Crippen LogP contribution in [0.2, 0.25) is 0 Å². The first-order chi connectivity index (χ1) is 16.2. The van der Waals surface area contributed by atoms with E-state index in [4.69, 9.17) is 18.9 Å². The smallest absolute Gasteiger partial charge is 0.222 e. The number of piperidine rings is 1. The fraction of sp³-hybridized carbons (Fsp3) is 0.727. The summed E-state index contributed by atoms with van der Waals surface area (Å²) in [7, 11) is 4.90. The number of aromatic nitrogens is 4. The number of methoxy groups -OCH3 is 3. The Morgan fingerprint density at radius 1 is 1.12 bits per heavy atom. The first-order valence-corrected chi connectivity index (χ1v) is 11.6. The molecule has 11 nitrogen and oxygen atoms in total. The van der Waals surface area contributed by atoms with Gasteiger partial charge in [0.25, 0.3) is 0 Å². The number of hydrogen-bond acceptors (Lipinski definition) is 9. The van der Waals surface area contributed by atoms with Crippen LogP contribution in [0.5, 0.6) is 0 Å². The summed E-state index contributed by atoms with van der Waals surface area (Å²) in [5, 5.41) is 3.31. The van der Waals surface area contributed by atoms with Crippen molar-refractivity contribution in [2.24, 2.45) is 0 Å². The van der Waals surface area contributed by atoms with E-state index in [1.807, 2.05) is 9.47 Å². The van der Waals surface area contributed by atoms with Crippen molar-refractivity contribution in [3.05, 3.63) is 12.7 Å². The Kier molecular flexibility index (Phi) is 8.07. The number of hydrogen-bond donors (Lipinski definition) is 1. The monoisotopic (exact) mass is 462 g/mol. The van der Waals surface area contributed by atoms with E-state index < -0.39 is 6.23 Å². The van der Waals surface area contributed by atoms with E-state index in [0.717, 1.165) is 32.4 Å². The van der Waals surface area contributed by atoms with Gasteiger partial charge in [0.05, 0.1) is 12.9 Å². The third-order valence-corrected chi connectivity index (χ3v) is 6.36. The Bertz CT molecular complexity index is 918. The van der Waals surface area contributed by atoms with Crippen LogP contribution in [-0.2, 0) is 23.7 Å². The van der Waals surface area contributed by atoms with Crippen LogP contribution in [0.1, 0.15) is 38.3 Å². The summed E-state index contributed by atoms with van der Waals surface area (Å²) in [6.45, 7) is 2.79. The lowest BCUT2D eigenvalue weighted by Gasteiger charge is -2.26. The Labute approximate surface area is 193 Å². The average Bonchev–Trinajstić information content (AvgIpc) is 3.43. The van der Waals surface area contributed by atoms with E-state index in [-0.39, 0.29) is 24.2 Å². The Hall–Kier alpha value is -2.34. The molecular formula is C22H34N6O5. The van der Waals surface area contributed by atoms with Crippen LogP contribution in [0.4, 0.5) is 5.82 Å². The van der Waals surface area contributed by atoms with Gasteiger partial charge in [0, 0.05) is 47.4 Å². The highest BCUT2D eigenvalue weighted by Gasteiger charge is 2.46. The second-order valence-electron chi connectivity index (χ2n) is 8.44. The number of amides is 1. The zero-order chi connectivity index (χ0) is 23.2. The molecule has 0 spiro atoms. The van der Waals surface area contributed by atoms with Gasteiger partial charge in [0.1, 0.15) is 24.6 Å². The number of nitrogens with zero attached hydrogens (tertiary/aromatic N) is 5. The Morgan fingerprint density at radius 2 is 1.91 bits per heavy atom. The average molecular weight is 463 g/mol. The summed E-state index contributed by atoms with van der Waals surface area (Å²) >= 11 is 0. The molecule has 2 saturated heterocycles. The van der Waals surface area contributed by atoms with Crippen molar-refractivity contribution in [1.29, 1.82) is 0 Å². The Morgan fingerprint density at radius 3 is 2.64 bits per heavy atom. The molecule has 0 saturated carbocycles. The van der Waals surface area contributed by atoms with Gasteiger partial charge in [0.15, 0.2) is 23.2 Å². The maximum atomic E-state index is 12.4. The number of imidazole rings is 1. The molecule has 4 heterocycles. The highest BCUT2D eigenvalue weighted by atomic mass is 16.6. The van der Waals surface area contributed by atoms with Crippen LogP contribution in [0, 0.1) is 0 Å². The number of fused-ring (bicyclic) bond motifs is 1. The van der Waals surface area contributed by atoms with Crippen LogP contribution in [0.15, 0.2) is 12.7 Å². The van der Waals surface area contributed by atoms with Crippen molar-refractivity contribution in [3.8, 4) is 0 Å². The van der Waals surface area contributed by atoms with E-state index >= 15 is 0 Å². The number of anilines is 1. The van der Waals surface area contributed by atoms with Gasteiger partial charge < -0.3 is 29.2 Å². The first-order valence-electron chi connectivity index (χ1n) is 11.6. The second kappa shape index (κ2) is 11.2. The van der Waals surface area contributed by atoms with Crippen molar-refractivity contribution >= 4 is 22.9 Å². The molecule has 4 unspecified atom stereocenters. The fourth-order valence-corrected chi connectivity index (χ4v) is 4.68. The Balaban J connectivity index is 1.42. The van der Waals surface area contributed by atoms with Gasteiger partial charge in [-0.05, 0) is 25.7 Å². The number of rotatable bonds is 10. The summed E-state index contributed by atoms with van der Waals surface area (Å²) in [6, 6.07) is 0. The third-order valence-electron chi connectivity index (χ3n) is 6.36. The van der Waals surface area contributed by atoms with E-state index in [2.05, 4.69) is 20.3 Å². The molecule has 4 rings (SSSR count). The molecule has 0 aromatic carbocycles. The van der Waals surface area contributed by atoms with Crippen LogP contribution in [0.3, 0.4) is 0 Å². The summed E-state index contributed by atoms with van der Waals surface area (Å²) in [5.41, 5.74) is 1.28. The molecule has 11 heteroatoms. The first kappa shape index (κ1) is 23.8. The number of nitrogens with one attached hydrogen (secondary N) is 1. The normalized spacial score (nSPS) is 25.6. The van der Waals surface area contributed by atoms with Crippen molar-refractivity contribution in [2.75, 3.05) is 52.9 Å². The topological polar surface area (TPSA) is 113 Å². The van der Waals surface area contributed by atoms with Crippen LogP contribution in [0.25, 0.3) is 11.2 Å². The molecule has 0 bridgehead atoms. The van der Waals surface area contributed by atoms with Crippen molar-refractivity contribution in [2.45, 2.75) is 56.6 Å². The summed E-state index contributed by atoms with van der Waals surface area (Å²) in [4.78, 5) is 27.7. The minimum absolute atomic E-state index is 0.232. The second-order valence-corrected chi connectivity index (χ2v) is 8.44. The van der Waals surface area contributed by atoms with E-state index in [0.29, 0.717) is 36.6 Å². The molecule has 4 atom stereocenters. The molecule has 0 aliphatic carbocycles. The summed E-state index contributed by atoms with van der Waals surface area (Å²) in [6.07, 6.45) is 6.51. The SMILES string of the molecule is COCC1OC(n2cnc3c(NCCCC(=O)N4CCCCC4)ncnc32)C(OC)C1OC. The maximum Gasteiger partial charge on any atom is 0.222 e. The molecule has 33 heavy (non-hydrogen) atoms. The predicted octanol–water partition coefficient (Wildman–Crippen LogP) is 1.60. The zero-order valence-corrected chi connectivity index (χ0v) is 19.6. The van der Waals surface area contributed by atoms with Gasteiger partial charge in [-0.1, -0.05) is 0 Å². The lowest BCUT2D eigenvalue weighted by atomic mass is 10.1. The molecule has 1 N–H and O–H groups in total. The standard InChI is InChI=1S/C22H34N6O5/c1-30-12-15-18(31-2)19(32-3)22(33-15)28-14-26-17-20(24-13-25-21(17)28)23-9-7-8-16(29)27-10-5-4-6-11-27/h13-15,18-19,22H,4-12H2,1-3H3,(H,23,24,25). The largest absolute Gasteiger partial charge is 0.382 e. The molecule has 1 amide bonds. The molecule has 182 valence electrons. The lowest BCUT2D eigenvalue weighted by Crippen LogP contribution is -2.36. The third kappa shape index (κ3) is 5.11. The molecule has 2 aliphatic heterocycles. The molecular weight excluding hydrogens is 428 g/mol. The fourth-order valence-electron chi connectivity index (χ4n) is 4.68. The van der Waals surface area contributed by atoms with Gasteiger partial charge in [-0.25, -0.2) is 15.0 Å². The summed E-state index contributed by atoms with van der Waals surface area (Å²) < 4.78 is 24.7. The van der Waals surface area contributed by atoms with E-state index in [1.165, 1.54) is 12.7 Å². The molecule has 2 fully saturated rings. The van der Waals surface area contributed by atoms with Crippen molar-refractivity contribution in [1.82, 2.24) is 24.4 Å². The van der Waals surface area contributed by atoms with Gasteiger partial charge in [0.2, 0.25) is 5.91 Å². The maximum absolute atomic E-state index is 12.4. The molecule has 2 aromatic rings. The molecule has 2 aliphatic rings. The number of likely N-dealkylation sites (tertiary alicyclic amines) is 1. The van der Waals surface area contributed by atoms with Gasteiger partial charge in [-0.15, -0.1) is 0 Å². The van der Waals surface area contributed by atoms with Crippen molar-refractivity contribution < 1.29 is 23.7 Å². The zero-order valence-electron chi connectivity index (χ0n) is 19.6. The van der Waals surface area contributed by atoms with E-state index in [9.17, 15) is 4.79 Å². The quantitative estimate of drug-likeness (QED) is 0.526. The van der Waals surface area contributed by atoms with E-state index in [1.54, 1.807) is 27.7 Å². The summed E-state index contributed by atoms with van der Waals surface area (Å²) in [5.74, 6) is 0.865. The highest BCUT2D eigenvalue weighted by molar-refractivity contribution is 5.82.